The third kappa shape index (κ3) is 3.96. The number of halogens is 3. The van der Waals surface area contributed by atoms with E-state index in [1.54, 1.807) is 12.1 Å². The zero-order valence-electron chi connectivity index (χ0n) is 14.5. The molecule has 0 aliphatic rings. The molecule has 0 atom stereocenters. The molecule has 2 aromatic carbocycles. The van der Waals surface area contributed by atoms with Gasteiger partial charge < -0.3 is 10.1 Å². The molecular formula is C19H13F3N4O2. The molecule has 1 heterocycles. The highest BCUT2D eigenvalue weighted by Gasteiger charge is 2.39. The first-order valence-corrected chi connectivity index (χ1v) is 7.94. The molecule has 0 saturated heterocycles. The van der Waals surface area contributed by atoms with Crippen LogP contribution in [0.2, 0.25) is 0 Å². The molecule has 28 heavy (non-hydrogen) atoms. The summed E-state index contributed by atoms with van der Waals surface area (Å²) in [5.41, 5.74) is -0.957. The van der Waals surface area contributed by atoms with E-state index in [4.69, 9.17) is 10.00 Å². The quantitative estimate of drug-likeness (QED) is 0.734. The van der Waals surface area contributed by atoms with Crippen molar-refractivity contribution in [2.75, 3.05) is 12.4 Å². The maximum Gasteiger partial charge on any atom is 0.435 e. The van der Waals surface area contributed by atoms with Gasteiger partial charge in [0.1, 0.15) is 5.75 Å². The van der Waals surface area contributed by atoms with Gasteiger partial charge >= 0.3 is 6.18 Å². The number of rotatable bonds is 4. The molecule has 0 saturated carbocycles. The number of ether oxygens (including phenoxy) is 1. The summed E-state index contributed by atoms with van der Waals surface area (Å²) in [6.45, 7) is 0. The predicted octanol–water partition coefficient (Wildman–Crippen LogP) is 4.02. The van der Waals surface area contributed by atoms with Crippen LogP contribution in [0.1, 0.15) is 21.6 Å². The number of carbonyl (C=O) groups excluding carboxylic acids is 1. The molecular weight excluding hydrogens is 373 g/mol. The number of benzene rings is 2. The first-order chi connectivity index (χ1) is 13.3. The Morgan fingerprint density at radius 1 is 1.14 bits per heavy atom. The zero-order chi connectivity index (χ0) is 20.3. The van der Waals surface area contributed by atoms with Crippen LogP contribution in [0, 0.1) is 11.3 Å². The largest absolute Gasteiger partial charge is 0.497 e. The zero-order valence-corrected chi connectivity index (χ0v) is 14.5. The Morgan fingerprint density at radius 2 is 1.79 bits per heavy atom. The van der Waals surface area contributed by atoms with Crippen LogP contribution in [-0.4, -0.2) is 22.8 Å². The van der Waals surface area contributed by atoms with Gasteiger partial charge in [-0.1, -0.05) is 0 Å². The van der Waals surface area contributed by atoms with Crippen LogP contribution in [0.25, 0.3) is 5.69 Å². The van der Waals surface area contributed by atoms with Gasteiger partial charge in [0.2, 0.25) is 0 Å². The van der Waals surface area contributed by atoms with Crippen LogP contribution >= 0.6 is 0 Å². The topological polar surface area (TPSA) is 79.9 Å². The van der Waals surface area contributed by atoms with Crippen molar-refractivity contribution < 1.29 is 22.7 Å². The van der Waals surface area contributed by atoms with E-state index < -0.39 is 23.3 Å². The molecule has 0 aliphatic carbocycles. The smallest absolute Gasteiger partial charge is 0.435 e. The van der Waals surface area contributed by atoms with E-state index >= 15 is 0 Å². The summed E-state index contributed by atoms with van der Waals surface area (Å²) in [7, 11) is 1.47. The molecule has 3 rings (SSSR count). The number of hydrogen-bond donors (Lipinski definition) is 1. The SMILES string of the molecule is COc1ccc(-n2cc(C(=O)Nc3ccc(C#N)cc3)c(C(F)(F)F)n2)cc1. The van der Waals surface area contributed by atoms with E-state index in [0.717, 1.165) is 10.9 Å². The molecule has 3 aromatic rings. The molecule has 1 aromatic heterocycles. The molecule has 1 N–H and O–H groups in total. The minimum absolute atomic E-state index is 0.259. The fourth-order valence-electron chi connectivity index (χ4n) is 2.44. The van der Waals surface area contributed by atoms with Gasteiger partial charge in [0, 0.05) is 11.9 Å². The number of nitrogens with one attached hydrogen (secondary N) is 1. The van der Waals surface area contributed by atoms with Crippen molar-refractivity contribution >= 4 is 11.6 Å². The minimum atomic E-state index is -4.81. The van der Waals surface area contributed by atoms with Crippen molar-refractivity contribution in [2.24, 2.45) is 0 Å². The average Bonchev–Trinajstić information content (AvgIpc) is 3.15. The fraction of sp³-hybridized carbons (Fsp3) is 0.105. The molecule has 0 aliphatic heterocycles. The normalized spacial score (nSPS) is 11.0. The molecule has 1 amide bonds. The number of nitrogens with zero attached hydrogens (tertiary/aromatic N) is 3. The molecule has 142 valence electrons. The second-order valence-electron chi connectivity index (χ2n) is 5.68. The summed E-state index contributed by atoms with van der Waals surface area (Å²) in [6, 6.07) is 13.8. The Morgan fingerprint density at radius 3 is 2.32 bits per heavy atom. The summed E-state index contributed by atoms with van der Waals surface area (Å²) in [6.07, 6.45) is -3.79. The number of aromatic nitrogens is 2. The number of methoxy groups -OCH3 is 1. The molecule has 0 fully saturated rings. The number of anilines is 1. The van der Waals surface area contributed by atoms with Crippen molar-refractivity contribution in [3.05, 3.63) is 71.5 Å². The van der Waals surface area contributed by atoms with E-state index in [1.807, 2.05) is 6.07 Å². The molecule has 6 nitrogen and oxygen atoms in total. The van der Waals surface area contributed by atoms with Gasteiger partial charge in [-0.25, -0.2) is 4.68 Å². The van der Waals surface area contributed by atoms with Gasteiger partial charge in [-0.2, -0.15) is 23.5 Å². The van der Waals surface area contributed by atoms with Gasteiger partial charge in [-0.05, 0) is 48.5 Å². The van der Waals surface area contributed by atoms with Gasteiger partial charge in [0.05, 0.1) is 30.0 Å². The maximum absolute atomic E-state index is 13.4. The molecule has 9 heteroatoms. The lowest BCUT2D eigenvalue weighted by molar-refractivity contribution is -0.141. The monoisotopic (exact) mass is 386 g/mol. The highest BCUT2D eigenvalue weighted by atomic mass is 19.4. The third-order valence-corrected chi connectivity index (χ3v) is 3.84. The van der Waals surface area contributed by atoms with Crippen molar-refractivity contribution in [3.63, 3.8) is 0 Å². The number of alkyl halides is 3. The lowest BCUT2D eigenvalue weighted by Gasteiger charge is -2.07. The summed E-state index contributed by atoms with van der Waals surface area (Å²) in [5, 5.41) is 14.7. The Kier molecular flexibility index (Phi) is 5.04. The van der Waals surface area contributed by atoms with Crippen molar-refractivity contribution in [1.29, 1.82) is 5.26 Å². The van der Waals surface area contributed by atoms with Gasteiger partial charge in [-0.3, -0.25) is 4.79 Å². The van der Waals surface area contributed by atoms with Crippen LogP contribution in [0.4, 0.5) is 18.9 Å². The number of hydrogen-bond acceptors (Lipinski definition) is 4. The van der Waals surface area contributed by atoms with Gasteiger partial charge in [-0.15, -0.1) is 0 Å². The van der Waals surface area contributed by atoms with Crippen LogP contribution in [0.3, 0.4) is 0 Å². The van der Waals surface area contributed by atoms with Gasteiger partial charge in [0.25, 0.3) is 5.91 Å². The van der Waals surface area contributed by atoms with E-state index in [9.17, 15) is 18.0 Å². The Hall–Kier alpha value is -3.80. The molecule has 0 unspecified atom stereocenters. The fourth-order valence-corrected chi connectivity index (χ4v) is 2.44. The lowest BCUT2D eigenvalue weighted by atomic mass is 10.2. The maximum atomic E-state index is 13.4. The molecule has 0 radical (unpaired) electrons. The van der Waals surface area contributed by atoms with E-state index in [0.29, 0.717) is 17.0 Å². The highest BCUT2D eigenvalue weighted by molar-refractivity contribution is 6.05. The minimum Gasteiger partial charge on any atom is -0.497 e. The summed E-state index contributed by atoms with van der Waals surface area (Å²) >= 11 is 0. The van der Waals surface area contributed by atoms with E-state index in [1.165, 1.54) is 43.5 Å². The summed E-state index contributed by atoms with van der Waals surface area (Å²) in [5.74, 6) is -0.428. The van der Waals surface area contributed by atoms with E-state index in [-0.39, 0.29) is 5.69 Å². The van der Waals surface area contributed by atoms with Crippen molar-refractivity contribution in [3.8, 4) is 17.5 Å². The Labute approximate surface area is 157 Å². The highest BCUT2D eigenvalue weighted by Crippen LogP contribution is 2.32. The van der Waals surface area contributed by atoms with E-state index in [2.05, 4.69) is 10.4 Å². The first-order valence-electron chi connectivity index (χ1n) is 7.94. The predicted molar refractivity (Wildman–Crippen MR) is 94.2 cm³/mol. The Bertz CT molecular complexity index is 1030. The third-order valence-electron chi connectivity index (χ3n) is 3.84. The van der Waals surface area contributed by atoms with Crippen LogP contribution in [-0.2, 0) is 6.18 Å². The van der Waals surface area contributed by atoms with Crippen LogP contribution in [0.15, 0.2) is 54.7 Å². The second kappa shape index (κ2) is 7.44. The molecule has 0 spiro atoms. The van der Waals surface area contributed by atoms with Crippen LogP contribution < -0.4 is 10.1 Å². The summed E-state index contributed by atoms with van der Waals surface area (Å²) < 4.78 is 46.1. The lowest BCUT2D eigenvalue weighted by Crippen LogP contribution is -2.17. The molecule has 0 bridgehead atoms. The van der Waals surface area contributed by atoms with Gasteiger partial charge in [0.15, 0.2) is 5.69 Å². The number of nitriles is 1. The van der Waals surface area contributed by atoms with Crippen molar-refractivity contribution in [2.45, 2.75) is 6.18 Å². The second-order valence-corrected chi connectivity index (χ2v) is 5.68. The number of carbonyl (C=O) groups is 1. The van der Waals surface area contributed by atoms with Crippen molar-refractivity contribution in [1.82, 2.24) is 9.78 Å². The average molecular weight is 386 g/mol. The summed E-state index contributed by atoms with van der Waals surface area (Å²) in [4.78, 5) is 12.4. The standard InChI is InChI=1S/C19H13F3N4O2/c1-28-15-8-6-14(7-9-15)26-11-16(17(25-26)19(20,21)22)18(27)24-13-4-2-12(10-23)3-5-13/h2-9,11H,1H3,(H,24,27). The first kappa shape index (κ1) is 19.0. The van der Waals surface area contributed by atoms with Crippen LogP contribution in [0.5, 0.6) is 5.75 Å². The number of amides is 1. The Balaban J connectivity index is 1.94.